The molecule has 1 N–H and O–H groups in total. The van der Waals surface area contributed by atoms with Gasteiger partial charge in [0, 0.05) is 27.9 Å². The van der Waals surface area contributed by atoms with Gasteiger partial charge in [-0.05, 0) is 93.6 Å². The zero-order chi connectivity index (χ0) is 34.9. The van der Waals surface area contributed by atoms with Gasteiger partial charge in [-0.3, -0.25) is 13.9 Å². The van der Waals surface area contributed by atoms with Crippen molar-refractivity contribution in [2.75, 3.05) is 23.7 Å². The summed E-state index contributed by atoms with van der Waals surface area (Å²) in [6.07, 6.45) is 2.13. The monoisotopic (exact) mass is 751 g/mol. The van der Waals surface area contributed by atoms with Gasteiger partial charge in [-0.25, -0.2) is 8.42 Å². The molecule has 2 amide bonds. The van der Waals surface area contributed by atoms with Gasteiger partial charge in [-0.1, -0.05) is 70.5 Å². The van der Waals surface area contributed by atoms with E-state index in [1.54, 1.807) is 36.4 Å². The maximum absolute atomic E-state index is 14.7. The summed E-state index contributed by atoms with van der Waals surface area (Å²) in [6, 6.07) is 29.3. The largest absolute Gasteiger partial charge is 0.492 e. The normalized spacial score (nSPS) is 12.2. The molecule has 48 heavy (non-hydrogen) atoms. The molecule has 4 aromatic rings. The van der Waals surface area contributed by atoms with Crippen LogP contribution in [0.1, 0.15) is 38.8 Å². The Kier molecular flexibility index (Phi) is 12.8. The molecule has 0 saturated carbocycles. The minimum absolute atomic E-state index is 0.0317. The number of rotatable bonds is 14. The Morgan fingerprint density at radius 2 is 1.54 bits per heavy atom. The average Bonchev–Trinajstić information content (AvgIpc) is 3.05. The summed E-state index contributed by atoms with van der Waals surface area (Å²) in [7, 11) is -4.27. The second-order valence-electron chi connectivity index (χ2n) is 12.2. The van der Waals surface area contributed by atoms with E-state index >= 15 is 0 Å². The first-order valence-corrected chi connectivity index (χ1v) is 19.1. The van der Waals surface area contributed by atoms with E-state index in [-0.39, 0.29) is 29.5 Å². The third kappa shape index (κ3) is 9.87. The Balaban J connectivity index is 1.86. The number of nitrogens with zero attached hydrogens (tertiary/aromatic N) is 2. The highest BCUT2D eigenvalue weighted by molar-refractivity contribution is 9.10. The molecule has 0 bridgehead atoms. The molecule has 0 heterocycles. The Bertz CT molecular complexity index is 1800. The second-order valence-corrected chi connectivity index (χ2v) is 15.8. The van der Waals surface area contributed by atoms with E-state index in [4.69, 9.17) is 4.74 Å². The molecule has 0 aliphatic carbocycles. The van der Waals surface area contributed by atoms with Crippen molar-refractivity contribution in [2.24, 2.45) is 0 Å². The van der Waals surface area contributed by atoms with Crippen molar-refractivity contribution in [1.29, 1.82) is 0 Å². The van der Waals surface area contributed by atoms with E-state index in [0.29, 0.717) is 12.4 Å². The number of thioether (sulfide) groups is 1. The maximum atomic E-state index is 14.7. The van der Waals surface area contributed by atoms with Crippen molar-refractivity contribution in [3.05, 3.63) is 119 Å². The Labute approximate surface area is 297 Å². The lowest BCUT2D eigenvalue weighted by atomic mass is 10.0. The summed E-state index contributed by atoms with van der Waals surface area (Å²) in [5, 5.41) is 3.05. The summed E-state index contributed by atoms with van der Waals surface area (Å²) >= 11 is 5.02. The number of ether oxygens (including phenoxy) is 1. The first-order chi connectivity index (χ1) is 22.8. The van der Waals surface area contributed by atoms with Gasteiger partial charge >= 0.3 is 0 Å². The van der Waals surface area contributed by atoms with Crippen LogP contribution in [-0.4, -0.2) is 56.1 Å². The van der Waals surface area contributed by atoms with Crippen LogP contribution in [0.5, 0.6) is 5.75 Å². The van der Waals surface area contributed by atoms with Gasteiger partial charge in [0.2, 0.25) is 11.8 Å². The first kappa shape index (κ1) is 37.0. The summed E-state index contributed by atoms with van der Waals surface area (Å²) in [5.41, 5.74) is 1.28. The number of halogens is 1. The second kappa shape index (κ2) is 16.5. The molecule has 0 saturated heterocycles. The predicted molar refractivity (Wildman–Crippen MR) is 197 cm³/mol. The fraction of sp³-hybridized carbons (Fsp3) is 0.297. The number of carbonyl (C=O) groups is 2. The quantitative estimate of drug-likeness (QED) is 0.136. The fourth-order valence-corrected chi connectivity index (χ4v) is 7.45. The van der Waals surface area contributed by atoms with Gasteiger partial charge in [-0.2, -0.15) is 0 Å². The highest BCUT2D eigenvalue weighted by Crippen LogP contribution is 2.33. The smallest absolute Gasteiger partial charge is 0.264 e. The van der Waals surface area contributed by atoms with Crippen LogP contribution in [0.3, 0.4) is 0 Å². The van der Waals surface area contributed by atoms with E-state index in [2.05, 4.69) is 21.2 Å². The summed E-state index contributed by atoms with van der Waals surface area (Å²) in [5.74, 6) is -0.566. The van der Waals surface area contributed by atoms with Crippen LogP contribution in [0.25, 0.3) is 0 Å². The molecule has 4 rings (SSSR count). The molecular formula is C37H42BrN3O5S2. The van der Waals surface area contributed by atoms with Crippen LogP contribution in [0.4, 0.5) is 5.69 Å². The Morgan fingerprint density at radius 1 is 0.896 bits per heavy atom. The van der Waals surface area contributed by atoms with Gasteiger partial charge in [-0.15, -0.1) is 11.8 Å². The van der Waals surface area contributed by atoms with E-state index in [9.17, 15) is 18.0 Å². The number of hydrogen-bond donors (Lipinski definition) is 1. The molecule has 0 aliphatic rings. The van der Waals surface area contributed by atoms with Crippen LogP contribution < -0.4 is 14.4 Å². The van der Waals surface area contributed by atoms with Crippen molar-refractivity contribution in [3.63, 3.8) is 0 Å². The minimum atomic E-state index is -4.27. The van der Waals surface area contributed by atoms with Crippen molar-refractivity contribution in [3.8, 4) is 5.75 Å². The number of para-hydroxylation sites is 2. The lowest BCUT2D eigenvalue weighted by Gasteiger charge is -2.35. The van der Waals surface area contributed by atoms with Gasteiger partial charge < -0.3 is 15.0 Å². The van der Waals surface area contributed by atoms with Crippen molar-refractivity contribution < 1.29 is 22.7 Å². The van der Waals surface area contributed by atoms with Crippen LogP contribution in [0.15, 0.2) is 117 Å². The topological polar surface area (TPSA) is 96.0 Å². The lowest BCUT2D eigenvalue weighted by Crippen LogP contribution is -2.56. The molecule has 0 radical (unpaired) electrons. The molecule has 1 atom stereocenters. The highest BCUT2D eigenvalue weighted by Gasteiger charge is 2.36. The third-order valence-corrected chi connectivity index (χ3v) is 10.4. The molecule has 4 aromatic carbocycles. The van der Waals surface area contributed by atoms with Crippen molar-refractivity contribution >= 4 is 55.2 Å². The molecule has 0 aromatic heterocycles. The zero-order valence-electron chi connectivity index (χ0n) is 27.9. The van der Waals surface area contributed by atoms with E-state index in [1.165, 1.54) is 28.8 Å². The number of sulfonamides is 1. The standard InChI is InChI=1S/C37H42BrN3O5S2/c1-6-46-34-18-11-10-17-32(34)41(48(44,45)31-21-19-30(47-5)20-22-31)26-35(42)40(25-28-15-12-16-29(38)23-28)33(36(43)39-37(2,3)4)24-27-13-8-7-9-14-27/h7-23,33H,6,24-26H2,1-5H3,(H,39,43)/t33-/m0/s1. The van der Waals surface area contributed by atoms with Gasteiger partial charge in [0.25, 0.3) is 10.0 Å². The number of hydrogen-bond acceptors (Lipinski definition) is 6. The van der Waals surface area contributed by atoms with E-state index in [0.717, 1.165) is 24.8 Å². The molecule has 0 spiro atoms. The van der Waals surface area contributed by atoms with E-state index < -0.39 is 34.1 Å². The molecule has 8 nitrogen and oxygen atoms in total. The summed E-state index contributed by atoms with van der Waals surface area (Å²) < 4.78 is 36.6. The van der Waals surface area contributed by atoms with Gasteiger partial charge in [0.05, 0.1) is 17.2 Å². The first-order valence-electron chi connectivity index (χ1n) is 15.6. The number of anilines is 1. The van der Waals surface area contributed by atoms with Crippen LogP contribution in [0, 0.1) is 0 Å². The highest BCUT2D eigenvalue weighted by atomic mass is 79.9. The maximum Gasteiger partial charge on any atom is 0.264 e. The fourth-order valence-electron chi connectivity index (χ4n) is 5.17. The number of carbonyl (C=O) groups excluding carboxylic acids is 2. The van der Waals surface area contributed by atoms with Crippen LogP contribution >= 0.6 is 27.7 Å². The molecule has 11 heteroatoms. The number of amides is 2. The Hall–Kier alpha value is -3.80. The van der Waals surface area contributed by atoms with Crippen molar-refractivity contribution in [1.82, 2.24) is 10.2 Å². The molecule has 0 unspecified atom stereocenters. The van der Waals surface area contributed by atoms with Gasteiger partial charge in [0.1, 0.15) is 18.3 Å². The number of nitrogens with one attached hydrogen (secondary N) is 1. The molecule has 0 aliphatic heterocycles. The predicted octanol–water partition coefficient (Wildman–Crippen LogP) is 7.32. The summed E-state index contributed by atoms with van der Waals surface area (Å²) in [4.78, 5) is 31.2. The van der Waals surface area contributed by atoms with Gasteiger partial charge in [0.15, 0.2) is 0 Å². The van der Waals surface area contributed by atoms with Crippen LogP contribution in [0.2, 0.25) is 0 Å². The Morgan fingerprint density at radius 3 is 2.17 bits per heavy atom. The van der Waals surface area contributed by atoms with Crippen molar-refractivity contribution in [2.45, 2.75) is 62.0 Å². The molecule has 0 fully saturated rings. The lowest BCUT2D eigenvalue weighted by molar-refractivity contribution is -0.140. The molecular weight excluding hydrogens is 710 g/mol. The van der Waals surface area contributed by atoms with Crippen LogP contribution in [-0.2, 0) is 32.6 Å². The average molecular weight is 753 g/mol. The zero-order valence-corrected chi connectivity index (χ0v) is 31.1. The SMILES string of the molecule is CCOc1ccccc1N(CC(=O)N(Cc1cccc(Br)c1)[C@@H](Cc1ccccc1)C(=O)NC(C)(C)C)S(=O)(=O)c1ccc(SC)cc1. The minimum Gasteiger partial charge on any atom is -0.492 e. The third-order valence-electron chi connectivity index (χ3n) is 7.37. The summed E-state index contributed by atoms with van der Waals surface area (Å²) in [6.45, 7) is 7.24. The van der Waals surface area contributed by atoms with E-state index in [1.807, 2.05) is 88.5 Å². The molecule has 254 valence electrons. The number of benzene rings is 4.